The van der Waals surface area contributed by atoms with Gasteiger partial charge < -0.3 is 9.47 Å². The molecule has 0 bridgehead atoms. The van der Waals surface area contributed by atoms with Crippen LogP contribution >= 0.6 is 11.6 Å². The van der Waals surface area contributed by atoms with Gasteiger partial charge in [-0.3, -0.25) is 4.79 Å². The lowest BCUT2D eigenvalue weighted by Gasteiger charge is -2.10. The van der Waals surface area contributed by atoms with Crippen molar-refractivity contribution in [3.8, 4) is 5.75 Å². The number of carbonyl (C=O) groups excluding carboxylic acids is 2. The summed E-state index contributed by atoms with van der Waals surface area (Å²) in [5.41, 5.74) is 0.0446. The highest BCUT2D eigenvalue weighted by Gasteiger charge is 2.20. The van der Waals surface area contributed by atoms with Crippen LogP contribution in [0.2, 0.25) is 5.02 Å². The van der Waals surface area contributed by atoms with Gasteiger partial charge in [0, 0.05) is 5.56 Å². The van der Waals surface area contributed by atoms with E-state index in [0.717, 1.165) is 6.07 Å². The van der Waals surface area contributed by atoms with Crippen molar-refractivity contribution >= 4 is 33.4 Å². The van der Waals surface area contributed by atoms with E-state index in [1.54, 1.807) is 12.1 Å². The smallest absolute Gasteiger partial charge is 0.342 e. The Balaban J connectivity index is 2.20. The fourth-order valence-electron chi connectivity index (χ4n) is 2.00. The minimum absolute atomic E-state index is 0.0857. The molecule has 0 aromatic heterocycles. The lowest BCUT2D eigenvalue weighted by Crippen LogP contribution is -2.17. The molecule has 0 heterocycles. The number of ether oxygens (including phenoxy) is 2. The van der Waals surface area contributed by atoms with E-state index in [2.05, 4.69) is 0 Å². The standard InChI is InChI=1S/C16H14ClNO6S/c1-23-15-7-6-10(25(18,21)22)8-12(15)16(20)24-9-14(19)11-4-2-3-5-13(11)17/h2-8H,9H2,1H3,(H2,18,21,22). The Kier molecular flexibility index (Phi) is 5.78. The average Bonchev–Trinajstić information content (AvgIpc) is 2.58. The van der Waals surface area contributed by atoms with E-state index in [0.29, 0.717) is 0 Å². The van der Waals surface area contributed by atoms with Crippen molar-refractivity contribution in [3.63, 3.8) is 0 Å². The summed E-state index contributed by atoms with van der Waals surface area (Å²) in [5.74, 6) is -1.34. The number of benzene rings is 2. The fourth-order valence-corrected chi connectivity index (χ4v) is 2.78. The summed E-state index contributed by atoms with van der Waals surface area (Å²) < 4.78 is 32.8. The average molecular weight is 384 g/mol. The van der Waals surface area contributed by atoms with Crippen LogP contribution in [0.1, 0.15) is 20.7 Å². The van der Waals surface area contributed by atoms with Crippen molar-refractivity contribution in [2.75, 3.05) is 13.7 Å². The summed E-state index contributed by atoms with van der Waals surface area (Å²) in [7, 11) is -2.71. The minimum Gasteiger partial charge on any atom is -0.496 e. The molecule has 0 aliphatic heterocycles. The molecule has 2 N–H and O–H groups in total. The Morgan fingerprint density at radius 2 is 1.80 bits per heavy atom. The van der Waals surface area contributed by atoms with Gasteiger partial charge in [0.2, 0.25) is 15.8 Å². The van der Waals surface area contributed by atoms with E-state index in [-0.39, 0.29) is 26.8 Å². The number of hydrogen-bond donors (Lipinski definition) is 1. The summed E-state index contributed by atoms with van der Waals surface area (Å²) in [4.78, 5) is 24.0. The van der Waals surface area contributed by atoms with Crippen molar-refractivity contribution in [3.05, 3.63) is 58.6 Å². The normalized spacial score (nSPS) is 11.0. The van der Waals surface area contributed by atoms with Crippen LogP contribution in [0.5, 0.6) is 5.75 Å². The monoisotopic (exact) mass is 383 g/mol. The molecular formula is C16H14ClNO6S. The second-order valence-electron chi connectivity index (χ2n) is 4.89. The number of halogens is 1. The number of primary sulfonamides is 1. The number of methoxy groups -OCH3 is 1. The molecule has 0 fully saturated rings. The fraction of sp³-hybridized carbons (Fsp3) is 0.125. The highest BCUT2D eigenvalue weighted by Crippen LogP contribution is 2.23. The molecule has 0 aliphatic carbocycles. The van der Waals surface area contributed by atoms with Crippen LogP contribution in [-0.2, 0) is 14.8 Å². The molecular weight excluding hydrogens is 370 g/mol. The first kappa shape index (κ1) is 18.9. The molecule has 2 rings (SSSR count). The first-order valence-electron chi connectivity index (χ1n) is 6.89. The summed E-state index contributed by atoms with van der Waals surface area (Å²) >= 11 is 5.91. The van der Waals surface area contributed by atoms with Crippen LogP contribution in [0.3, 0.4) is 0 Å². The molecule has 9 heteroatoms. The number of hydrogen-bond acceptors (Lipinski definition) is 6. The van der Waals surface area contributed by atoms with Crippen molar-refractivity contribution in [1.29, 1.82) is 0 Å². The van der Waals surface area contributed by atoms with E-state index in [1.807, 2.05) is 0 Å². The highest BCUT2D eigenvalue weighted by molar-refractivity contribution is 7.89. The first-order valence-corrected chi connectivity index (χ1v) is 8.82. The quantitative estimate of drug-likeness (QED) is 0.603. The number of ketones is 1. The zero-order valence-corrected chi connectivity index (χ0v) is 14.6. The summed E-state index contributed by atoms with van der Waals surface area (Å²) in [6, 6.07) is 9.81. The van der Waals surface area contributed by atoms with Gasteiger partial charge in [0.1, 0.15) is 11.3 Å². The molecule has 0 amide bonds. The maximum atomic E-state index is 12.2. The van der Waals surface area contributed by atoms with Crippen LogP contribution < -0.4 is 9.88 Å². The van der Waals surface area contributed by atoms with Crippen molar-refractivity contribution in [2.45, 2.75) is 4.90 Å². The minimum atomic E-state index is -4.01. The van der Waals surface area contributed by atoms with Gasteiger partial charge in [0.15, 0.2) is 6.61 Å². The lowest BCUT2D eigenvalue weighted by molar-refractivity contribution is 0.0471. The maximum Gasteiger partial charge on any atom is 0.342 e. The predicted molar refractivity (Wildman–Crippen MR) is 90.4 cm³/mol. The molecule has 25 heavy (non-hydrogen) atoms. The van der Waals surface area contributed by atoms with E-state index in [1.165, 1.54) is 31.4 Å². The van der Waals surface area contributed by atoms with Crippen LogP contribution in [0.15, 0.2) is 47.4 Å². The highest BCUT2D eigenvalue weighted by atomic mass is 35.5. The van der Waals surface area contributed by atoms with E-state index >= 15 is 0 Å². The number of nitrogens with two attached hydrogens (primary N) is 1. The Bertz CT molecular complexity index is 926. The van der Waals surface area contributed by atoms with Crippen molar-refractivity contribution in [1.82, 2.24) is 0 Å². The van der Waals surface area contributed by atoms with Gasteiger partial charge in [-0.2, -0.15) is 0 Å². The maximum absolute atomic E-state index is 12.2. The first-order chi connectivity index (χ1) is 11.7. The number of Topliss-reactive ketones (excluding diaryl/α,β-unsaturated/α-hetero) is 1. The number of esters is 1. The van der Waals surface area contributed by atoms with Crippen LogP contribution in [0.25, 0.3) is 0 Å². The molecule has 0 atom stereocenters. The molecule has 132 valence electrons. The SMILES string of the molecule is COc1ccc(S(N)(=O)=O)cc1C(=O)OCC(=O)c1ccccc1Cl. The molecule has 0 unspecified atom stereocenters. The predicted octanol–water partition coefficient (Wildman–Crippen LogP) is 2.04. The van der Waals surface area contributed by atoms with E-state index < -0.39 is 28.4 Å². The molecule has 0 saturated carbocycles. The van der Waals surface area contributed by atoms with Crippen LogP contribution in [0.4, 0.5) is 0 Å². The largest absolute Gasteiger partial charge is 0.496 e. The second-order valence-corrected chi connectivity index (χ2v) is 6.85. The van der Waals surface area contributed by atoms with Gasteiger partial charge in [-0.05, 0) is 30.3 Å². The lowest BCUT2D eigenvalue weighted by atomic mass is 10.1. The van der Waals surface area contributed by atoms with Crippen LogP contribution in [0, 0.1) is 0 Å². The van der Waals surface area contributed by atoms with Crippen molar-refractivity contribution < 1.29 is 27.5 Å². The van der Waals surface area contributed by atoms with E-state index in [9.17, 15) is 18.0 Å². The summed E-state index contributed by atoms with van der Waals surface area (Å²) in [5, 5.41) is 5.28. The van der Waals surface area contributed by atoms with Gasteiger partial charge in [0.25, 0.3) is 0 Å². The Morgan fingerprint density at radius 3 is 2.40 bits per heavy atom. The number of carbonyl (C=O) groups is 2. The number of sulfonamides is 1. The van der Waals surface area contributed by atoms with Crippen LogP contribution in [-0.4, -0.2) is 33.9 Å². The van der Waals surface area contributed by atoms with Gasteiger partial charge in [-0.25, -0.2) is 18.4 Å². The summed E-state index contributed by atoms with van der Waals surface area (Å²) in [6.45, 7) is -0.564. The van der Waals surface area contributed by atoms with Gasteiger partial charge in [-0.1, -0.05) is 23.7 Å². The van der Waals surface area contributed by atoms with Crippen molar-refractivity contribution in [2.24, 2.45) is 5.14 Å². The van der Waals surface area contributed by atoms with Gasteiger partial charge >= 0.3 is 5.97 Å². The summed E-state index contributed by atoms with van der Waals surface area (Å²) in [6.07, 6.45) is 0. The van der Waals surface area contributed by atoms with E-state index in [4.69, 9.17) is 26.2 Å². The number of rotatable bonds is 6. The molecule has 2 aromatic carbocycles. The Hall–Kier alpha value is -2.42. The third-order valence-corrected chi connectivity index (χ3v) is 4.47. The third kappa shape index (κ3) is 4.56. The molecule has 0 radical (unpaired) electrons. The third-order valence-electron chi connectivity index (χ3n) is 3.23. The zero-order chi connectivity index (χ0) is 18.6. The molecule has 2 aromatic rings. The molecule has 0 aliphatic rings. The second kappa shape index (κ2) is 7.64. The Labute approximate surface area is 149 Å². The topological polar surface area (TPSA) is 113 Å². The zero-order valence-electron chi connectivity index (χ0n) is 13.1. The molecule has 0 spiro atoms. The Morgan fingerprint density at radius 1 is 1.12 bits per heavy atom. The molecule has 7 nitrogen and oxygen atoms in total. The molecule has 0 saturated heterocycles. The van der Waals surface area contributed by atoms with Gasteiger partial charge in [-0.15, -0.1) is 0 Å². The van der Waals surface area contributed by atoms with Gasteiger partial charge in [0.05, 0.1) is 17.0 Å².